The zero-order valence-corrected chi connectivity index (χ0v) is 11.4. The summed E-state index contributed by atoms with van der Waals surface area (Å²) in [5, 5.41) is 0. The summed E-state index contributed by atoms with van der Waals surface area (Å²) >= 11 is 0. The fraction of sp³-hybridized carbons (Fsp3) is 0.125. The van der Waals surface area contributed by atoms with Gasteiger partial charge in [0.1, 0.15) is 5.82 Å². The second kappa shape index (κ2) is 4.69. The monoisotopic (exact) mass is 305 g/mol. The minimum absolute atomic E-state index is 0.0951. The van der Waals surface area contributed by atoms with Crippen molar-refractivity contribution in [1.82, 2.24) is 0 Å². The van der Waals surface area contributed by atoms with E-state index in [1.807, 2.05) is 0 Å². The van der Waals surface area contributed by atoms with Gasteiger partial charge in [-0.3, -0.25) is 9.59 Å². The average Bonchev–Trinajstić information content (AvgIpc) is 2.48. The number of alkyl halides is 2. The molecule has 1 heterocycles. The highest BCUT2D eigenvalue weighted by molar-refractivity contribution is 6.26. The highest BCUT2D eigenvalue weighted by Gasteiger charge is 2.53. The third-order valence-electron chi connectivity index (χ3n) is 3.50. The van der Waals surface area contributed by atoms with Crippen LogP contribution in [0.5, 0.6) is 0 Å². The van der Waals surface area contributed by atoms with Gasteiger partial charge in [-0.15, -0.1) is 0 Å². The lowest BCUT2D eigenvalue weighted by Crippen LogP contribution is -2.50. The SMILES string of the molecule is Cc1ccc2c(c1)C(F)(F)C(=O)N(c1ccc(F)cc1)C2=O. The minimum atomic E-state index is -3.82. The van der Waals surface area contributed by atoms with Crippen molar-refractivity contribution >= 4 is 17.5 Å². The molecule has 22 heavy (non-hydrogen) atoms. The Morgan fingerprint density at radius 1 is 1.00 bits per heavy atom. The largest absolute Gasteiger partial charge is 0.351 e. The van der Waals surface area contributed by atoms with Gasteiger partial charge in [0.05, 0.1) is 11.3 Å². The number of nitrogens with zero attached hydrogens (tertiary/aromatic N) is 1. The quantitative estimate of drug-likeness (QED) is 0.757. The molecular weight excluding hydrogens is 295 g/mol. The maximum Gasteiger partial charge on any atom is 0.351 e. The highest BCUT2D eigenvalue weighted by atomic mass is 19.3. The van der Waals surface area contributed by atoms with E-state index in [1.54, 1.807) is 6.92 Å². The van der Waals surface area contributed by atoms with E-state index in [2.05, 4.69) is 0 Å². The summed E-state index contributed by atoms with van der Waals surface area (Å²) in [7, 11) is 0. The van der Waals surface area contributed by atoms with Crippen LogP contribution >= 0.6 is 0 Å². The van der Waals surface area contributed by atoms with Gasteiger partial charge in [0, 0.05) is 5.56 Å². The number of imide groups is 1. The number of halogens is 3. The summed E-state index contributed by atoms with van der Waals surface area (Å²) in [5.74, 6) is -6.90. The van der Waals surface area contributed by atoms with Gasteiger partial charge >= 0.3 is 11.8 Å². The van der Waals surface area contributed by atoms with Gasteiger partial charge in [-0.2, -0.15) is 8.78 Å². The van der Waals surface area contributed by atoms with E-state index < -0.39 is 29.1 Å². The molecule has 0 bridgehead atoms. The smallest absolute Gasteiger partial charge is 0.268 e. The molecule has 0 atom stereocenters. The standard InChI is InChI=1S/C16H10F3NO2/c1-9-2-7-12-13(8-9)16(18,19)15(22)20(14(12)21)11-5-3-10(17)4-6-11/h2-8H,1H3. The molecule has 2 aromatic carbocycles. The Morgan fingerprint density at radius 3 is 2.27 bits per heavy atom. The van der Waals surface area contributed by atoms with E-state index in [0.29, 0.717) is 10.5 Å². The zero-order valence-electron chi connectivity index (χ0n) is 11.4. The van der Waals surface area contributed by atoms with E-state index in [-0.39, 0.29) is 11.3 Å². The van der Waals surface area contributed by atoms with E-state index in [0.717, 1.165) is 30.3 Å². The Balaban J connectivity index is 2.19. The summed E-state index contributed by atoms with van der Waals surface area (Å²) in [6, 6.07) is 8.14. The number of anilines is 1. The first-order valence-electron chi connectivity index (χ1n) is 6.46. The van der Waals surface area contributed by atoms with Crippen LogP contribution in [0.4, 0.5) is 18.9 Å². The van der Waals surface area contributed by atoms with E-state index in [9.17, 15) is 22.8 Å². The van der Waals surface area contributed by atoms with Crippen molar-refractivity contribution in [3.8, 4) is 0 Å². The van der Waals surface area contributed by atoms with Gasteiger partial charge in [0.15, 0.2) is 0 Å². The number of hydrogen-bond donors (Lipinski definition) is 0. The average molecular weight is 305 g/mol. The molecule has 0 fully saturated rings. The molecule has 0 spiro atoms. The lowest BCUT2D eigenvalue weighted by molar-refractivity contribution is -0.143. The molecule has 1 aliphatic rings. The number of benzene rings is 2. The second-order valence-corrected chi connectivity index (χ2v) is 5.05. The number of rotatable bonds is 1. The van der Waals surface area contributed by atoms with Gasteiger partial charge in [0.2, 0.25) is 0 Å². The van der Waals surface area contributed by atoms with Crippen molar-refractivity contribution in [2.45, 2.75) is 12.8 Å². The van der Waals surface area contributed by atoms with Crippen LogP contribution in [0.2, 0.25) is 0 Å². The predicted octanol–water partition coefficient (Wildman–Crippen LogP) is 3.41. The number of carbonyl (C=O) groups is 2. The summed E-state index contributed by atoms with van der Waals surface area (Å²) in [6.07, 6.45) is 0. The van der Waals surface area contributed by atoms with Crippen LogP contribution in [0, 0.1) is 12.7 Å². The fourth-order valence-corrected chi connectivity index (χ4v) is 2.40. The Kier molecular flexibility index (Phi) is 3.05. The van der Waals surface area contributed by atoms with E-state index in [4.69, 9.17) is 0 Å². The topological polar surface area (TPSA) is 37.4 Å². The van der Waals surface area contributed by atoms with Gasteiger partial charge in [0.25, 0.3) is 5.91 Å². The first-order valence-corrected chi connectivity index (χ1v) is 6.46. The number of fused-ring (bicyclic) bond motifs is 1. The van der Waals surface area contributed by atoms with Crippen LogP contribution in [-0.4, -0.2) is 11.8 Å². The van der Waals surface area contributed by atoms with Crippen molar-refractivity contribution in [2.75, 3.05) is 4.90 Å². The van der Waals surface area contributed by atoms with E-state index in [1.165, 1.54) is 12.1 Å². The van der Waals surface area contributed by atoms with Gasteiger partial charge in [-0.05, 0) is 43.3 Å². The molecule has 112 valence electrons. The third-order valence-corrected chi connectivity index (χ3v) is 3.50. The molecule has 0 saturated heterocycles. The van der Waals surface area contributed by atoms with Crippen molar-refractivity contribution in [3.05, 3.63) is 65.0 Å². The molecule has 3 nitrogen and oxygen atoms in total. The Morgan fingerprint density at radius 2 is 1.64 bits per heavy atom. The van der Waals surface area contributed by atoms with Gasteiger partial charge in [-0.25, -0.2) is 9.29 Å². The van der Waals surface area contributed by atoms with Crippen molar-refractivity contribution in [3.63, 3.8) is 0 Å². The molecular formula is C16H10F3NO2. The van der Waals surface area contributed by atoms with Crippen LogP contribution in [0.1, 0.15) is 21.5 Å². The van der Waals surface area contributed by atoms with Crippen LogP contribution in [0.3, 0.4) is 0 Å². The zero-order chi connectivity index (χ0) is 16.1. The molecule has 0 unspecified atom stereocenters. The number of aryl methyl sites for hydroxylation is 1. The molecule has 0 saturated carbocycles. The van der Waals surface area contributed by atoms with Gasteiger partial charge in [-0.1, -0.05) is 11.6 Å². The number of amides is 2. The number of hydrogen-bond acceptors (Lipinski definition) is 2. The number of carbonyl (C=O) groups excluding carboxylic acids is 2. The first kappa shape index (κ1) is 14.3. The Hall–Kier alpha value is -2.63. The summed E-state index contributed by atoms with van der Waals surface area (Å²) in [4.78, 5) is 24.9. The molecule has 0 N–H and O–H groups in total. The lowest BCUT2D eigenvalue weighted by Gasteiger charge is -2.32. The molecule has 0 aliphatic carbocycles. The first-order chi connectivity index (χ1) is 10.3. The molecule has 1 aliphatic heterocycles. The fourth-order valence-electron chi connectivity index (χ4n) is 2.40. The van der Waals surface area contributed by atoms with Crippen LogP contribution in [0.25, 0.3) is 0 Å². The lowest BCUT2D eigenvalue weighted by atomic mass is 9.93. The molecule has 0 radical (unpaired) electrons. The Labute approximate surface area is 124 Å². The molecule has 3 rings (SSSR count). The van der Waals surface area contributed by atoms with Crippen molar-refractivity contribution in [2.24, 2.45) is 0 Å². The third kappa shape index (κ3) is 1.99. The second-order valence-electron chi connectivity index (χ2n) is 5.05. The van der Waals surface area contributed by atoms with E-state index >= 15 is 0 Å². The molecule has 2 aromatic rings. The maximum atomic E-state index is 14.3. The van der Waals surface area contributed by atoms with Crippen molar-refractivity contribution in [1.29, 1.82) is 0 Å². The van der Waals surface area contributed by atoms with Crippen LogP contribution in [-0.2, 0) is 10.7 Å². The molecule has 2 amide bonds. The van der Waals surface area contributed by atoms with Crippen LogP contribution < -0.4 is 4.90 Å². The Bertz CT molecular complexity index is 784. The highest BCUT2D eigenvalue weighted by Crippen LogP contribution is 2.39. The molecule has 0 aromatic heterocycles. The summed E-state index contributed by atoms with van der Waals surface area (Å²) in [5.41, 5.74) is -0.406. The minimum Gasteiger partial charge on any atom is -0.268 e. The normalized spacial score (nSPS) is 16.6. The predicted molar refractivity (Wildman–Crippen MR) is 73.3 cm³/mol. The van der Waals surface area contributed by atoms with Crippen LogP contribution in [0.15, 0.2) is 42.5 Å². The maximum absolute atomic E-state index is 14.3. The molecule has 6 heteroatoms. The summed E-state index contributed by atoms with van der Waals surface area (Å²) in [6.45, 7) is 1.59. The van der Waals surface area contributed by atoms with Gasteiger partial charge < -0.3 is 0 Å². The summed E-state index contributed by atoms with van der Waals surface area (Å²) < 4.78 is 41.6. The van der Waals surface area contributed by atoms with Crippen molar-refractivity contribution < 1.29 is 22.8 Å².